The number of nitrogens with one attached hydrogen (secondary N) is 2. The Morgan fingerprint density at radius 2 is 1.94 bits per heavy atom. The largest absolute Gasteiger partial charge is 0.480 e. The van der Waals surface area contributed by atoms with Crippen molar-refractivity contribution in [1.82, 2.24) is 15.6 Å². The molecule has 0 radical (unpaired) electrons. The number of furan rings is 1. The SMILES string of the molecule is CC(C)C[C@H](S)C(=O)NC1(C(=O)NC(Cc2ccc(-c3ccco3)nc2)C(=O)O)CCCC1. The summed E-state index contributed by atoms with van der Waals surface area (Å²) in [5.41, 5.74) is 0.189. The summed E-state index contributed by atoms with van der Waals surface area (Å²) in [5, 5.41) is 14.7. The number of hydrogen-bond donors (Lipinski definition) is 4. The molecule has 0 aliphatic heterocycles. The van der Waals surface area contributed by atoms with E-state index < -0.39 is 28.7 Å². The number of pyridine rings is 1. The Balaban J connectivity index is 1.68. The molecule has 1 unspecified atom stereocenters. The molecule has 33 heavy (non-hydrogen) atoms. The molecule has 3 rings (SSSR count). The van der Waals surface area contributed by atoms with Crippen LogP contribution in [0.15, 0.2) is 41.1 Å². The lowest BCUT2D eigenvalue weighted by Gasteiger charge is -2.31. The fourth-order valence-electron chi connectivity index (χ4n) is 4.11. The highest BCUT2D eigenvalue weighted by atomic mass is 32.1. The number of aliphatic carboxylic acids is 1. The normalized spacial score (nSPS) is 16.8. The van der Waals surface area contributed by atoms with Crippen molar-refractivity contribution in [1.29, 1.82) is 0 Å². The van der Waals surface area contributed by atoms with E-state index in [9.17, 15) is 19.5 Å². The summed E-state index contributed by atoms with van der Waals surface area (Å²) in [7, 11) is 0. The van der Waals surface area contributed by atoms with E-state index in [-0.39, 0.29) is 18.2 Å². The summed E-state index contributed by atoms with van der Waals surface area (Å²) in [6.07, 6.45) is 6.29. The molecule has 1 fully saturated rings. The molecule has 0 bridgehead atoms. The smallest absolute Gasteiger partial charge is 0.326 e. The van der Waals surface area contributed by atoms with Gasteiger partial charge < -0.3 is 20.2 Å². The number of thiol groups is 1. The number of nitrogens with zero attached hydrogens (tertiary/aromatic N) is 1. The second-order valence-corrected chi connectivity index (χ2v) is 9.64. The first kappa shape index (κ1) is 24.8. The molecule has 9 heteroatoms. The molecule has 1 aliphatic rings. The molecule has 2 heterocycles. The summed E-state index contributed by atoms with van der Waals surface area (Å²) >= 11 is 4.39. The molecule has 2 aromatic rings. The summed E-state index contributed by atoms with van der Waals surface area (Å²) in [5.74, 6) is -1.01. The van der Waals surface area contributed by atoms with Crippen LogP contribution in [-0.2, 0) is 20.8 Å². The molecule has 2 atom stereocenters. The van der Waals surface area contributed by atoms with Crippen molar-refractivity contribution in [3.8, 4) is 11.5 Å². The first-order chi connectivity index (χ1) is 15.7. The maximum atomic E-state index is 13.2. The fraction of sp³-hybridized carbons (Fsp3) is 0.500. The van der Waals surface area contributed by atoms with Gasteiger partial charge in [0.2, 0.25) is 11.8 Å². The van der Waals surface area contributed by atoms with Crippen LogP contribution in [0, 0.1) is 5.92 Å². The van der Waals surface area contributed by atoms with Crippen molar-refractivity contribution in [2.24, 2.45) is 5.92 Å². The van der Waals surface area contributed by atoms with Gasteiger partial charge in [0.1, 0.15) is 17.3 Å². The highest BCUT2D eigenvalue weighted by Crippen LogP contribution is 2.31. The van der Waals surface area contributed by atoms with E-state index in [0.29, 0.717) is 36.3 Å². The molecule has 2 aromatic heterocycles. The van der Waals surface area contributed by atoms with Crippen LogP contribution in [0.1, 0.15) is 51.5 Å². The molecular weight excluding hydrogens is 442 g/mol. The van der Waals surface area contributed by atoms with Crippen molar-refractivity contribution in [2.75, 3.05) is 0 Å². The van der Waals surface area contributed by atoms with E-state index in [1.54, 1.807) is 36.7 Å². The van der Waals surface area contributed by atoms with Gasteiger partial charge >= 0.3 is 5.97 Å². The minimum Gasteiger partial charge on any atom is -0.480 e. The van der Waals surface area contributed by atoms with Gasteiger partial charge in [0.25, 0.3) is 0 Å². The number of carbonyl (C=O) groups is 3. The monoisotopic (exact) mass is 473 g/mol. The van der Waals surface area contributed by atoms with Crippen LogP contribution in [0.5, 0.6) is 0 Å². The Hall–Kier alpha value is -2.81. The van der Waals surface area contributed by atoms with Crippen LogP contribution in [0.4, 0.5) is 0 Å². The molecule has 0 aromatic carbocycles. The number of amides is 2. The van der Waals surface area contributed by atoms with Gasteiger partial charge in [-0.2, -0.15) is 12.6 Å². The van der Waals surface area contributed by atoms with E-state index in [1.807, 2.05) is 13.8 Å². The number of carboxylic acids is 1. The van der Waals surface area contributed by atoms with Crippen molar-refractivity contribution in [3.05, 3.63) is 42.3 Å². The van der Waals surface area contributed by atoms with E-state index in [4.69, 9.17) is 4.42 Å². The van der Waals surface area contributed by atoms with Gasteiger partial charge in [0, 0.05) is 12.6 Å². The van der Waals surface area contributed by atoms with Gasteiger partial charge in [0.05, 0.1) is 11.5 Å². The third-order valence-corrected chi connectivity index (χ3v) is 6.34. The molecule has 1 aliphatic carbocycles. The highest BCUT2D eigenvalue weighted by molar-refractivity contribution is 7.81. The number of rotatable bonds is 10. The predicted molar refractivity (Wildman–Crippen MR) is 127 cm³/mol. The summed E-state index contributed by atoms with van der Waals surface area (Å²) < 4.78 is 5.32. The molecule has 1 saturated carbocycles. The van der Waals surface area contributed by atoms with Crippen molar-refractivity contribution in [2.45, 2.75) is 69.2 Å². The lowest BCUT2D eigenvalue weighted by molar-refractivity contribution is -0.143. The Kier molecular flexibility index (Phi) is 8.18. The number of carboxylic acid groups (broad SMARTS) is 1. The number of aromatic nitrogens is 1. The summed E-state index contributed by atoms with van der Waals surface area (Å²) in [6.45, 7) is 4.00. The van der Waals surface area contributed by atoms with E-state index >= 15 is 0 Å². The van der Waals surface area contributed by atoms with Crippen LogP contribution < -0.4 is 10.6 Å². The molecule has 3 N–H and O–H groups in total. The minimum absolute atomic E-state index is 0.0685. The first-order valence-electron chi connectivity index (χ1n) is 11.2. The van der Waals surface area contributed by atoms with E-state index in [1.165, 1.54) is 0 Å². The highest BCUT2D eigenvalue weighted by Gasteiger charge is 2.44. The average Bonchev–Trinajstić information content (AvgIpc) is 3.46. The quantitative estimate of drug-likeness (QED) is 0.393. The molecule has 2 amide bonds. The van der Waals surface area contributed by atoms with Gasteiger partial charge in [-0.25, -0.2) is 4.79 Å². The second kappa shape index (κ2) is 10.9. The molecule has 0 spiro atoms. The van der Waals surface area contributed by atoms with Gasteiger partial charge in [0.15, 0.2) is 5.76 Å². The van der Waals surface area contributed by atoms with Crippen LogP contribution in [0.2, 0.25) is 0 Å². The standard InChI is InChI=1S/C24H31N3O5S/c1-15(2)12-20(33)21(28)27-24(9-3-4-10-24)23(31)26-18(22(29)30)13-16-7-8-17(25-14-16)19-6-5-11-32-19/h5-8,11,14-15,18,20,33H,3-4,9-10,12-13H2,1-2H3,(H,26,31)(H,27,28)(H,29,30)/t18?,20-/m0/s1. The van der Waals surface area contributed by atoms with Gasteiger partial charge in [-0.05, 0) is 48.9 Å². The first-order valence-corrected chi connectivity index (χ1v) is 11.7. The van der Waals surface area contributed by atoms with Crippen molar-refractivity contribution < 1.29 is 23.9 Å². The van der Waals surface area contributed by atoms with Crippen molar-refractivity contribution in [3.63, 3.8) is 0 Å². The fourth-order valence-corrected chi connectivity index (χ4v) is 4.59. The zero-order valence-corrected chi connectivity index (χ0v) is 19.8. The molecular formula is C24H31N3O5S. The maximum Gasteiger partial charge on any atom is 0.326 e. The van der Waals surface area contributed by atoms with Crippen LogP contribution in [0.3, 0.4) is 0 Å². The second-order valence-electron chi connectivity index (χ2n) is 9.02. The number of hydrogen-bond acceptors (Lipinski definition) is 6. The Morgan fingerprint density at radius 3 is 2.48 bits per heavy atom. The lowest BCUT2D eigenvalue weighted by Crippen LogP contribution is -2.61. The zero-order chi connectivity index (χ0) is 24.0. The van der Waals surface area contributed by atoms with Crippen LogP contribution in [0.25, 0.3) is 11.5 Å². The molecule has 8 nitrogen and oxygen atoms in total. The Labute approximate surface area is 199 Å². The predicted octanol–water partition coefficient (Wildman–Crippen LogP) is 3.23. The van der Waals surface area contributed by atoms with E-state index in [2.05, 4.69) is 28.2 Å². The summed E-state index contributed by atoms with van der Waals surface area (Å²) in [6, 6.07) is 5.91. The molecule has 178 valence electrons. The van der Waals surface area contributed by atoms with Gasteiger partial charge in [-0.1, -0.05) is 32.8 Å². The number of carbonyl (C=O) groups excluding carboxylic acids is 2. The van der Waals surface area contributed by atoms with Gasteiger partial charge in [-0.15, -0.1) is 0 Å². The third-order valence-electron chi connectivity index (χ3n) is 5.89. The zero-order valence-electron chi connectivity index (χ0n) is 18.9. The van der Waals surface area contributed by atoms with Crippen LogP contribution in [-0.4, -0.2) is 44.7 Å². The molecule has 0 saturated heterocycles. The Morgan fingerprint density at radius 1 is 1.21 bits per heavy atom. The maximum absolute atomic E-state index is 13.2. The van der Waals surface area contributed by atoms with Gasteiger partial charge in [-0.3, -0.25) is 14.6 Å². The Bertz CT molecular complexity index is 953. The van der Waals surface area contributed by atoms with Crippen LogP contribution >= 0.6 is 12.6 Å². The average molecular weight is 474 g/mol. The van der Waals surface area contributed by atoms with E-state index in [0.717, 1.165) is 12.8 Å². The summed E-state index contributed by atoms with van der Waals surface area (Å²) in [4.78, 5) is 42.1. The van der Waals surface area contributed by atoms with Crippen molar-refractivity contribution >= 4 is 30.4 Å². The lowest BCUT2D eigenvalue weighted by atomic mass is 9.94. The topological polar surface area (TPSA) is 122 Å². The minimum atomic E-state index is -1.15. The third kappa shape index (κ3) is 6.37.